The molecule has 0 saturated heterocycles. The molecule has 2 aromatic rings. The van der Waals surface area contributed by atoms with E-state index in [1.165, 1.54) is 19.3 Å². The van der Waals surface area contributed by atoms with Gasteiger partial charge < -0.3 is 5.32 Å². The van der Waals surface area contributed by atoms with Crippen LogP contribution >= 0.6 is 0 Å². The molecular formula is C26H32N2O3S. The van der Waals surface area contributed by atoms with Gasteiger partial charge >= 0.3 is 0 Å². The molecule has 6 heteroatoms. The summed E-state index contributed by atoms with van der Waals surface area (Å²) in [5.41, 5.74) is 1.33. The molecule has 4 saturated carbocycles. The van der Waals surface area contributed by atoms with Crippen molar-refractivity contribution in [1.29, 1.82) is 0 Å². The molecule has 32 heavy (non-hydrogen) atoms. The zero-order chi connectivity index (χ0) is 22.3. The first-order valence-electron chi connectivity index (χ1n) is 11.9. The van der Waals surface area contributed by atoms with Crippen LogP contribution in [0.1, 0.15) is 63.4 Å². The number of hydrogen-bond donors (Lipinski definition) is 2. The summed E-state index contributed by atoms with van der Waals surface area (Å²) in [6, 6.07) is 16.3. The van der Waals surface area contributed by atoms with Gasteiger partial charge in [0.15, 0.2) is 0 Å². The maximum atomic E-state index is 13.2. The summed E-state index contributed by atoms with van der Waals surface area (Å²) in [5, 5.41) is 2.94. The fourth-order valence-electron chi connectivity index (χ4n) is 6.78. The standard InChI is InChI=1S/C26H32N2O3S/c1-2-24(21-6-4-3-5-7-21)25(29)27-22-8-10-23(11-9-22)32(30,31)28-26-15-18-12-19(16-26)14-20(13-18)17-26/h3-11,18-20,24,28H,2,12-17H2,1H3,(H,27,29)/t18?,19?,20?,24-,26?/m1/s1. The minimum absolute atomic E-state index is 0.0824. The van der Waals surface area contributed by atoms with E-state index in [0.29, 0.717) is 29.9 Å². The van der Waals surface area contributed by atoms with Crippen LogP contribution < -0.4 is 10.0 Å². The van der Waals surface area contributed by atoms with E-state index in [-0.39, 0.29) is 22.3 Å². The number of anilines is 1. The first-order valence-corrected chi connectivity index (χ1v) is 13.3. The highest BCUT2D eigenvalue weighted by Gasteiger charge is 2.52. The van der Waals surface area contributed by atoms with Crippen molar-refractivity contribution in [3.8, 4) is 0 Å². The summed E-state index contributed by atoms with van der Waals surface area (Å²) in [6.45, 7) is 1.99. The first-order chi connectivity index (χ1) is 15.4. The van der Waals surface area contributed by atoms with Crippen molar-refractivity contribution in [2.45, 2.75) is 68.2 Å². The summed E-state index contributed by atoms with van der Waals surface area (Å²) in [7, 11) is -3.59. The lowest BCUT2D eigenvalue weighted by atomic mass is 9.53. The van der Waals surface area contributed by atoms with Gasteiger partial charge in [0.2, 0.25) is 15.9 Å². The molecule has 0 unspecified atom stereocenters. The van der Waals surface area contributed by atoms with E-state index < -0.39 is 10.0 Å². The maximum Gasteiger partial charge on any atom is 0.241 e. The average molecular weight is 453 g/mol. The predicted molar refractivity (Wildman–Crippen MR) is 126 cm³/mol. The fraction of sp³-hybridized carbons (Fsp3) is 0.500. The minimum atomic E-state index is -3.59. The van der Waals surface area contributed by atoms with Gasteiger partial charge in [0.1, 0.15) is 0 Å². The summed E-state index contributed by atoms with van der Waals surface area (Å²) < 4.78 is 29.5. The van der Waals surface area contributed by atoms with E-state index in [1.54, 1.807) is 24.3 Å². The normalized spacial score (nSPS) is 29.6. The van der Waals surface area contributed by atoms with Crippen molar-refractivity contribution in [1.82, 2.24) is 4.72 Å². The smallest absolute Gasteiger partial charge is 0.241 e. The highest BCUT2D eigenvalue weighted by Crippen LogP contribution is 2.56. The molecule has 0 spiro atoms. The van der Waals surface area contributed by atoms with Crippen molar-refractivity contribution >= 4 is 21.6 Å². The van der Waals surface area contributed by atoms with Crippen molar-refractivity contribution in [3.05, 3.63) is 60.2 Å². The maximum absolute atomic E-state index is 13.2. The van der Waals surface area contributed by atoms with Crippen LogP contribution in [-0.2, 0) is 14.8 Å². The summed E-state index contributed by atoms with van der Waals surface area (Å²) >= 11 is 0. The number of amides is 1. The second kappa shape index (κ2) is 8.31. The molecule has 4 aliphatic carbocycles. The van der Waals surface area contributed by atoms with Crippen LogP contribution in [0.2, 0.25) is 0 Å². The zero-order valence-electron chi connectivity index (χ0n) is 18.6. The van der Waals surface area contributed by atoms with Crippen LogP contribution in [0.5, 0.6) is 0 Å². The third kappa shape index (κ3) is 4.23. The number of carbonyl (C=O) groups excluding carboxylic acids is 1. The van der Waals surface area contributed by atoms with Crippen LogP contribution in [0.25, 0.3) is 0 Å². The van der Waals surface area contributed by atoms with Crippen LogP contribution in [0.4, 0.5) is 5.69 Å². The Labute approximate surface area is 191 Å². The number of carbonyl (C=O) groups is 1. The van der Waals surface area contributed by atoms with Crippen LogP contribution in [-0.4, -0.2) is 19.9 Å². The first kappa shape index (κ1) is 21.7. The topological polar surface area (TPSA) is 75.3 Å². The SMILES string of the molecule is CC[C@@H](C(=O)Nc1ccc(S(=O)(=O)NC23CC4CC(CC(C4)C2)C3)cc1)c1ccccc1. The van der Waals surface area contributed by atoms with E-state index in [1.807, 2.05) is 37.3 Å². The van der Waals surface area contributed by atoms with Crippen molar-refractivity contribution < 1.29 is 13.2 Å². The molecule has 170 valence electrons. The summed E-state index contributed by atoms with van der Waals surface area (Å²) in [6.07, 6.45) is 7.45. The second-order valence-electron chi connectivity index (χ2n) is 10.2. The van der Waals surface area contributed by atoms with E-state index in [4.69, 9.17) is 0 Å². The van der Waals surface area contributed by atoms with Gasteiger partial charge in [0.25, 0.3) is 0 Å². The second-order valence-corrected chi connectivity index (χ2v) is 11.9. The van der Waals surface area contributed by atoms with Gasteiger partial charge in [-0.1, -0.05) is 37.3 Å². The average Bonchev–Trinajstić information content (AvgIpc) is 2.74. The highest BCUT2D eigenvalue weighted by molar-refractivity contribution is 7.89. The number of benzene rings is 2. The summed E-state index contributed by atoms with van der Waals surface area (Å²) in [4.78, 5) is 13.1. The lowest BCUT2D eigenvalue weighted by Gasteiger charge is -2.56. The molecule has 4 fully saturated rings. The Hall–Kier alpha value is -2.18. The van der Waals surface area contributed by atoms with Gasteiger partial charge in [0, 0.05) is 11.2 Å². The highest BCUT2D eigenvalue weighted by atomic mass is 32.2. The molecule has 2 aromatic carbocycles. The van der Waals surface area contributed by atoms with Crippen LogP contribution in [0.3, 0.4) is 0 Å². The molecule has 6 rings (SSSR count). The van der Waals surface area contributed by atoms with Crippen molar-refractivity contribution in [2.75, 3.05) is 5.32 Å². The Balaban J connectivity index is 1.27. The van der Waals surface area contributed by atoms with E-state index in [0.717, 1.165) is 24.8 Å². The van der Waals surface area contributed by atoms with Gasteiger partial charge in [-0.2, -0.15) is 0 Å². The third-order valence-corrected chi connectivity index (χ3v) is 9.34. The lowest BCUT2D eigenvalue weighted by molar-refractivity contribution is -0.117. The Morgan fingerprint density at radius 1 is 0.938 bits per heavy atom. The molecule has 0 heterocycles. The van der Waals surface area contributed by atoms with E-state index >= 15 is 0 Å². The Kier molecular flexibility index (Phi) is 5.62. The number of hydrogen-bond acceptors (Lipinski definition) is 3. The minimum Gasteiger partial charge on any atom is -0.326 e. The molecule has 0 aromatic heterocycles. The Bertz CT molecular complexity index is 1040. The molecule has 1 atom stereocenters. The fourth-order valence-corrected chi connectivity index (χ4v) is 8.22. The monoisotopic (exact) mass is 452 g/mol. The van der Waals surface area contributed by atoms with Gasteiger partial charge in [-0.25, -0.2) is 13.1 Å². The molecule has 0 radical (unpaired) electrons. The Morgan fingerprint density at radius 2 is 1.50 bits per heavy atom. The summed E-state index contributed by atoms with van der Waals surface area (Å²) in [5.74, 6) is 1.71. The number of rotatable bonds is 7. The third-order valence-electron chi connectivity index (χ3n) is 7.75. The van der Waals surface area contributed by atoms with Gasteiger partial charge in [-0.05, 0) is 92.5 Å². The van der Waals surface area contributed by atoms with Gasteiger partial charge in [0.05, 0.1) is 10.8 Å². The Morgan fingerprint density at radius 3 is 2.03 bits per heavy atom. The quantitative estimate of drug-likeness (QED) is 0.616. The van der Waals surface area contributed by atoms with Crippen LogP contribution in [0.15, 0.2) is 59.5 Å². The van der Waals surface area contributed by atoms with E-state index in [9.17, 15) is 13.2 Å². The number of sulfonamides is 1. The van der Waals surface area contributed by atoms with Crippen LogP contribution in [0, 0.1) is 17.8 Å². The molecule has 5 nitrogen and oxygen atoms in total. The largest absolute Gasteiger partial charge is 0.326 e. The molecule has 4 aliphatic rings. The molecule has 2 N–H and O–H groups in total. The number of nitrogens with one attached hydrogen (secondary N) is 2. The zero-order valence-corrected chi connectivity index (χ0v) is 19.4. The molecule has 0 aliphatic heterocycles. The predicted octanol–water partition coefficient (Wildman–Crippen LogP) is 5.07. The van der Waals surface area contributed by atoms with E-state index in [2.05, 4.69) is 10.0 Å². The molecule has 4 bridgehead atoms. The van der Waals surface area contributed by atoms with Crippen molar-refractivity contribution in [3.63, 3.8) is 0 Å². The lowest BCUT2D eigenvalue weighted by Crippen LogP contribution is -2.59. The van der Waals surface area contributed by atoms with Crippen molar-refractivity contribution in [2.24, 2.45) is 17.8 Å². The molecular weight excluding hydrogens is 420 g/mol. The van der Waals surface area contributed by atoms with Gasteiger partial charge in [-0.15, -0.1) is 0 Å². The molecule has 1 amide bonds. The van der Waals surface area contributed by atoms with Gasteiger partial charge in [-0.3, -0.25) is 4.79 Å².